The number of aryl methyl sites for hydroxylation is 1. The predicted octanol–water partition coefficient (Wildman–Crippen LogP) is 3.32. The van der Waals surface area contributed by atoms with Crippen LogP contribution in [-0.4, -0.2) is 44.5 Å². The van der Waals surface area contributed by atoms with Crippen molar-refractivity contribution in [1.29, 1.82) is 0 Å². The summed E-state index contributed by atoms with van der Waals surface area (Å²) in [6, 6.07) is 9.52. The fourth-order valence-corrected chi connectivity index (χ4v) is 3.79. The maximum atomic E-state index is 12.3. The third kappa shape index (κ3) is 4.07. The Morgan fingerprint density at radius 1 is 1.25 bits per heavy atom. The highest BCUT2D eigenvalue weighted by Crippen LogP contribution is 2.33. The standard InChI is InChI=1S/C20H21N3O4S/c1-13-3-5-16(25-2)15(11-13)21-20-22-19(24)17(28-20)12-14-4-6-18(27-14)23-7-9-26-10-8-23/h3-6,11-12H,7-10H2,1-2H3,(H,21,22,24)/b17-12-. The van der Waals surface area contributed by atoms with Crippen molar-refractivity contribution in [2.24, 2.45) is 4.99 Å². The van der Waals surface area contributed by atoms with Crippen molar-refractivity contribution in [1.82, 2.24) is 5.32 Å². The number of carbonyl (C=O) groups is 1. The molecule has 2 fully saturated rings. The minimum absolute atomic E-state index is 0.195. The number of nitrogens with one attached hydrogen (secondary N) is 1. The molecule has 0 atom stereocenters. The highest BCUT2D eigenvalue weighted by molar-refractivity contribution is 8.18. The zero-order valence-electron chi connectivity index (χ0n) is 15.7. The minimum Gasteiger partial charge on any atom is -0.494 e. The summed E-state index contributed by atoms with van der Waals surface area (Å²) in [5, 5.41) is 3.31. The number of carbonyl (C=O) groups excluding carboxylic acids is 1. The molecule has 2 aliphatic heterocycles. The van der Waals surface area contributed by atoms with Crippen LogP contribution < -0.4 is 15.0 Å². The second kappa shape index (κ2) is 8.12. The van der Waals surface area contributed by atoms with E-state index < -0.39 is 0 Å². The Labute approximate surface area is 167 Å². The molecule has 0 spiro atoms. The molecule has 0 radical (unpaired) electrons. The van der Waals surface area contributed by atoms with E-state index in [9.17, 15) is 4.79 Å². The van der Waals surface area contributed by atoms with Gasteiger partial charge in [-0.25, -0.2) is 4.99 Å². The highest BCUT2D eigenvalue weighted by Gasteiger charge is 2.25. The van der Waals surface area contributed by atoms with Gasteiger partial charge in [0.2, 0.25) is 0 Å². The Morgan fingerprint density at radius 2 is 2.07 bits per heavy atom. The molecule has 1 aromatic carbocycles. The first kappa shape index (κ1) is 18.6. The summed E-state index contributed by atoms with van der Waals surface area (Å²) in [7, 11) is 1.60. The van der Waals surface area contributed by atoms with Crippen LogP contribution in [0.5, 0.6) is 5.75 Å². The molecule has 0 bridgehead atoms. The van der Waals surface area contributed by atoms with Crippen molar-refractivity contribution >= 4 is 40.5 Å². The van der Waals surface area contributed by atoms with Gasteiger partial charge in [0.15, 0.2) is 11.1 Å². The Kier molecular flexibility index (Phi) is 5.40. The van der Waals surface area contributed by atoms with Crippen molar-refractivity contribution in [2.75, 3.05) is 38.3 Å². The lowest BCUT2D eigenvalue weighted by atomic mass is 10.2. The van der Waals surface area contributed by atoms with Crippen LogP contribution in [0.1, 0.15) is 11.3 Å². The second-order valence-corrected chi connectivity index (χ2v) is 7.46. The molecule has 1 amide bonds. The number of thioether (sulfide) groups is 1. The first-order valence-electron chi connectivity index (χ1n) is 8.99. The van der Waals surface area contributed by atoms with Gasteiger partial charge in [0.05, 0.1) is 25.2 Å². The van der Waals surface area contributed by atoms with Crippen LogP contribution >= 0.6 is 11.8 Å². The van der Waals surface area contributed by atoms with E-state index in [1.165, 1.54) is 11.8 Å². The fourth-order valence-electron chi connectivity index (χ4n) is 2.98. The van der Waals surface area contributed by atoms with Crippen LogP contribution in [0, 0.1) is 6.92 Å². The predicted molar refractivity (Wildman–Crippen MR) is 110 cm³/mol. The van der Waals surface area contributed by atoms with E-state index >= 15 is 0 Å². The van der Waals surface area contributed by atoms with Gasteiger partial charge in [0, 0.05) is 25.2 Å². The van der Waals surface area contributed by atoms with E-state index in [-0.39, 0.29) is 5.91 Å². The van der Waals surface area contributed by atoms with Gasteiger partial charge in [-0.1, -0.05) is 6.07 Å². The Balaban J connectivity index is 1.52. The number of aliphatic imine (C=N–C) groups is 1. The minimum atomic E-state index is -0.195. The van der Waals surface area contributed by atoms with Crippen molar-refractivity contribution in [3.05, 3.63) is 46.6 Å². The van der Waals surface area contributed by atoms with Gasteiger partial charge in [-0.3, -0.25) is 4.79 Å². The van der Waals surface area contributed by atoms with Crippen molar-refractivity contribution in [2.45, 2.75) is 6.92 Å². The Bertz CT molecular complexity index is 945. The molecule has 0 aliphatic carbocycles. The number of amidine groups is 1. The monoisotopic (exact) mass is 399 g/mol. The highest BCUT2D eigenvalue weighted by atomic mass is 32.2. The molecule has 4 rings (SSSR count). The lowest BCUT2D eigenvalue weighted by Gasteiger charge is -2.26. The number of hydrogen-bond acceptors (Lipinski definition) is 7. The molecule has 146 valence electrons. The molecule has 1 aromatic heterocycles. The summed E-state index contributed by atoms with van der Waals surface area (Å²) >= 11 is 1.28. The SMILES string of the molecule is COc1ccc(C)cc1N=C1NC(=O)/C(=C/c2ccc(N3CCOCC3)o2)S1. The molecule has 2 saturated heterocycles. The largest absolute Gasteiger partial charge is 0.494 e. The average Bonchev–Trinajstić information content (AvgIpc) is 3.30. The van der Waals surface area contributed by atoms with Crippen LogP contribution in [0.15, 0.2) is 44.6 Å². The van der Waals surface area contributed by atoms with Crippen LogP contribution in [0.4, 0.5) is 11.6 Å². The third-order valence-corrected chi connectivity index (χ3v) is 5.33. The first-order chi connectivity index (χ1) is 13.6. The summed E-state index contributed by atoms with van der Waals surface area (Å²) in [6.45, 7) is 4.97. The summed E-state index contributed by atoms with van der Waals surface area (Å²) in [5.41, 5.74) is 1.75. The summed E-state index contributed by atoms with van der Waals surface area (Å²) in [5.74, 6) is 1.89. The van der Waals surface area contributed by atoms with Gasteiger partial charge in [0.25, 0.3) is 5.91 Å². The number of furan rings is 1. The molecule has 3 heterocycles. The van der Waals surface area contributed by atoms with Crippen molar-refractivity contribution in [3.8, 4) is 5.75 Å². The fraction of sp³-hybridized carbons (Fsp3) is 0.300. The van der Waals surface area contributed by atoms with E-state index in [0.29, 0.717) is 40.5 Å². The van der Waals surface area contributed by atoms with Gasteiger partial charge in [0.1, 0.15) is 17.2 Å². The zero-order chi connectivity index (χ0) is 19.5. The molecular formula is C20H21N3O4S. The lowest BCUT2D eigenvalue weighted by Crippen LogP contribution is -2.35. The van der Waals surface area contributed by atoms with E-state index in [1.807, 2.05) is 37.3 Å². The van der Waals surface area contributed by atoms with E-state index in [1.54, 1.807) is 13.2 Å². The number of methoxy groups -OCH3 is 1. The molecule has 7 nitrogen and oxygen atoms in total. The molecule has 8 heteroatoms. The number of anilines is 1. The number of rotatable bonds is 4. The normalized spacial score (nSPS) is 20.1. The molecule has 1 N–H and O–H groups in total. The summed E-state index contributed by atoms with van der Waals surface area (Å²) < 4.78 is 16.6. The van der Waals surface area contributed by atoms with E-state index in [0.717, 1.165) is 24.5 Å². The topological polar surface area (TPSA) is 76.3 Å². The van der Waals surface area contributed by atoms with Crippen molar-refractivity contribution < 1.29 is 18.7 Å². The molecule has 0 unspecified atom stereocenters. The maximum Gasteiger partial charge on any atom is 0.264 e. The van der Waals surface area contributed by atoms with Crippen LogP contribution in [0.3, 0.4) is 0 Å². The molecular weight excluding hydrogens is 378 g/mol. The van der Waals surface area contributed by atoms with Gasteiger partial charge < -0.3 is 24.1 Å². The second-order valence-electron chi connectivity index (χ2n) is 6.43. The van der Waals surface area contributed by atoms with Crippen LogP contribution in [0.2, 0.25) is 0 Å². The molecule has 28 heavy (non-hydrogen) atoms. The Morgan fingerprint density at radius 3 is 2.86 bits per heavy atom. The first-order valence-corrected chi connectivity index (χ1v) is 9.81. The number of morpholine rings is 1. The smallest absolute Gasteiger partial charge is 0.264 e. The van der Waals surface area contributed by atoms with E-state index in [2.05, 4.69) is 15.2 Å². The zero-order valence-corrected chi connectivity index (χ0v) is 16.5. The number of nitrogens with zero attached hydrogens (tertiary/aromatic N) is 2. The van der Waals surface area contributed by atoms with Crippen LogP contribution in [0.25, 0.3) is 6.08 Å². The molecule has 2 aliphatic rings. The van der Waals surface area contributed by atoms with Crippen LogP contribution in [-0.2, 0) is 9.53 Å². The van der Waals surface area contributed by atoms with Crippen molar-refractivity contribution in [3.63, 3.8) is 0 Å². The quantitative estimate of drug-likeness (QED) is 0.795. The average molecular weight is 399 g/mol. The van der Waals surface area contributed by atoms with E-state index in [4.69, 9.17) is 13.9 Å². The summed E-state index contributed by atoms with van der Waals surface area (Å²) in [4.78, 5) is 19.5. The summed E-state index contributed by atoms with van der Waals surface area (Å²) in [6.07, 6.45) is 1.74. The Hall–Kier alpha value is -2.71. The van der Waals surface area contributed by atoms with Gasteiger partial charge in [-0.2, -0.15) is 0 Å². The lowest BCUT2D eigenvalue weighted by molar-refractivity contribution is -0.115. The number of ether oxygens (including phenoxy) is 2. The molecule has 0 saturated carbocycles. The van der Waals surface area contributed by atoms with Gasteiger partial charge in [-0.05, 0) is 42.4 Å². The number of amides is 1. The number of hydrogen-bond donors (Lipinski definition) is 1. The van der Waals surface area contributed by atoms with Gasteiger partial charge >= 0.3 is 0 Å². The molecule has 2 aromatic rings. The van der Waals surface area contributed by atoms with Gasteiger partial charge in [-0.15, -0.1) is 0 Å². The maximum absolute atomic E-state index is 12.3. The third-order valence-electron chi connectivity index (χ3n) is 4.42. The number of benzene rings is 1.